The fourth-order valence-electron chi connectivity index (χ4n) is 1.60. The van der Waals surface area contributed by atoms with E-state index in [1.807, 2.05) is 22.6 Å². The fourth-order valence-corrected chi connectivity index (χ4v) is 2.67. The lowest BCUT2D eigenvalue weighted by Gasteiger charge is -2.12. The van der Waals surface area contributed by atoms with Gasteiger partial charge in [-0.1, -0.05) is 11.6 Å². The molecular weight excluding hydrogens is 379 g/mol. The maximum atomic E-state index is 12.7. The zero-order valence-electron chi connectivity index (χ0n) is 9.07. The number of hydrogen-bond acceptors (Lipinski definition) is 2. The first-order valence-corrected chi connectivity index (χ1v) is 6.33. The second-order valence-corrected chi connectivity index (χ2v) is 5.24. The highest BCUT2D eigenvalue weighted by Crippen LogP contribution is 2.35. The summed E-state index contributed by atoms with van der Waals surface area (Å²) in [5.41, 5.74) is -0.452. The smallest absolute Gasteiger partial charge is 0.388 e. The maximum Gasteiger partial charge on any atom is 0.433 e. The van der Waals surface area contributed by atoms with Crippen LogP contribution in [0.1, 0.15) is 5.69 Å². The number of aromatic nitrogens is 1. The van der Waals surface area contributed by atoms with Gasteiger partial charge >= 0.3 is 6.18 Å². The van der Waals surface area contributed by atoms with Gasteiger partial charge in [0.25, 0.3) is 0 Å². The molecule has 0 aliphatic rings. The molecule has 0 atom stereocenters. The molecule has 0 amide bonds. The zero-order valence-corrected chi connectivity index (χ0v) is 12.0. The largest absolute Gasteiger partial charge is 0.433 e. The fraction of sp³-hybridized carbons (Fsp3) is 0.182. The van der Waals surface area contributed by atoms with E-state index in [2.05, 4.69) is 10.3 Å². The average molecular weight is 387 g/mol. The summed E-state index contributed by atoms with van der Waals surface area (Å²) >= 11 is 8.00. The van der Waals surface area contributed by atoms with Crippen molar-refractivity contribution in [2.75, 3.05) is 12.4 Å². The predicted octanol–water partition coefficient (Wildman–Crippen LogP) is 4.55. The minimum absolute atomic E-state index is 0.149. The summed E-state index contributed by atoms with van der Waals surface area (Å²) in [5.74, 6) is 0. The molecule has 2 aromatic rings. The number of nitrogens with zero attached hydrogens (tertiary/aromatic N) is 1. The van der Waals surface area contributed by atoms with Crippen molar-refractivity contribution in [3.8, 4) is 0 Å². The first-order chi connectivity index (χ1) is 8.32. The Morgan fingerprint density at radius 2 is 1.94 bits per heavy atom. The van der Waals surface area contributed by atoms with Crippen molar-refractivity contribution in [3.05, 3.63) is 32.5 Å². The summed E-state index contributed by atoms with van der Waals surface area (Å²) in [6.45, 7) is 0. The number of nitrogens with one attached hydrogen (secondary N) is 1. The van der Waals surface area contributed by atoms with Crippen molar-refractivity contribution in [2.24, 2.45) is 0 Å². The van der Waals surface area contributed by atoms with Crippen molar-refractivity contribution in [3.63, 3.8) is 0 Å². The molecule has 2 nitrogen and oxygen atoms in total. The highest BCUT2D eigenvalue weighted by molar-refractivity contribution is 14.1. The number of anilines is 1. The van der Waals surface area contributed by atoms with Crippen molar-refractivity contribution in [1.29, 1.82) is 0 Å². The van der Waals surface area contributed by atoms with Gasteiger partial charge in [-0.15, -0.1) is 0 Å². The number of rotatable bonds is 1. The van der Waals surface area contributed by atoms with Gasteiger partial charge in [0.05, 0.1) is 10.5 Å². The van der Waals surface area contributed by atoms with Crippen LogP contribution in [-0.4, -0.2) is 12.0 Å². The van der Waals surface area contributed by atoms with E-state index in [0.29, 0.717) is 11.1 Å². The lowest BCUT2D eigenvalue weighted by atomic mass is 10.1. The van der Waals surface area contributed by atoms with Crippen LogP contribution in [0.15, 0.2) is 18.2 Å². The first kappa shape index (κ1) is 13.7. The summed E-state index contributed by atoms with van der Waals surface area (Å²) in [6.07, 6.45) is -4.49. The van der Waals surface area contributed by atoms with E-state index in [0.717, 1.165) is 9.64 Å². The van der Waals surface area contributed by atoms with Crippen LogP contribution in [0.25, 0.3) is 10.9 Å². The Hall–Kier alpha value is -0.760. The van der Waals surface area contributed by atoms with Gasteiger partial charge in [-0.3, -0.25) is 0 Å². The minimum Gasteiger partial charge on any atom is -0.388 e. The third-order valence-electron chi connectivity index (χ3n) is 2.39. The summed E-state index contributed by atoms with van der Waals surface area (Å²) in [6, 6.07) is 4.30. The lowest BCUT2D eigenvalue weighted by molar-refractivity contribution is -0.140. The van der Waals surface area contributed by atoms with Crippen LogP contribution in [0.4, 0.5) is 18.9 Å². The standard InChI is InChI=1S/C11H7ClF3IN2/c1-17-8-4-9(11(13,14)15)18-10-6(8)2-5(16)3-7(10)12/h2-4H,1H3,(H,17,18). The molecule has 7 heteroatoms. The van der Waals surface area contributed by atoms with Crippen molar-refractivity contribution in [2.45, 2.75) is 6.18 Å². The number of alkyl halides is 3. The molecule has 1 heterocycles. The summed E-state index contributed by atoms with van der Waals surface area (Å²) in [4.78, 5) is 3.60. The van der Waals surface area contributed by atoms with Crippen molar-refractivity contribution >= 4 is 50.8 Å². The SMILES string of the molecule is CNc1cc(C(F)(F)F)nc2c(Cl)cc(I)cc12. The van der Waals surface area contributed by atoms with E-state index in [9.17, 15) is 13.2 Å². The van der Waals surface area contributed by atoms with Gasteiger partial charge in [0, 0.05) is 21.7 Å². The van der Waals surface area contributed by atoms with Crippen molar-refractivity contribution in [1.82, 2.24) is 4.98 Å². The lowest BCUT2D eigenvalue weighted by Crippen LogP contribution is -2.09. The second-order valence-electron chi connectivity index (χ2n) is 3.59. The van der Waals surface area contributed by atoms with E-state index >= 15 is 0 Å². The van der Waals surface area contributed by atoms with Gasteiger partial charge < -0.3 is 5.32 Å². The van der Waals surface area contributed by atoms with E-state index in [1.54, 1.807) is 19.2 Å². The third-order valence-corrected chi connectivity index (χ3v) is 3.30. The Kier molecular flexibility index (Phi) is 3.59. The van der Waals surface area contributed by atoms with Crippen LogP contribution in [0, 0.1) is 3.57 Å². The topological polar surface area (TPSA) is 24.9 Å². The van der Waals surface area contributed by atoms with Gasteiger partial charge in [-0.2, -0.15) is 13.2 Å². The molecule has 18 heavy (non-hydrogen) atoms. The number of fused-ring (bicyclic) bond motifs is 1. The Bertz CT molecular complexity index is 613. The Labute approximate surface area is 120 Å². The van der Waals surface area contributed by atoms with Crippen LogP contribution < -0.4 is 5.32 Å². The van der Waals surface area contributed by atoms with Crippen molar-refractivity contribution < 1.29 is 13.2 Å². The third kappa shape index (κ3) is 2.49. The van der Waals surface area contributed by atoms with E-state index in [4.69, 9.17) is 11.6 Å². The molecule has 1 aromatic carbocycles. The Balaban J connectivity index is 2.84. The maximum absolute atomic E-state index is 12.7. The van der Waals surface area contributed by atoms with Gasteiger partial charge in [-0.25, -0.2) is 4.98 Å². The van der Waals surface area contributed by atoms with Crippen LogP contribution >= 0.6 is 34.2 Å². The molecule has 1 N–H and O–H groups in total. The van der Waals surface area contributed by atoms with E-state index in [1.165, 1.54) is 0 Å². The van der Waals surface area contributed by atoms with Gasteiger partial charge in [0.15, 0.2) is 0 Å². The molecule has 0 saturated carbocycles. The molecule has 0 aliphatic carbocycles. The molecule has 1 aromatic heterocycles. The molecule has 0 unspecified atom stereocenters. The molecule has 0 radical (unpaired) electrons. The zero-order chi connectivity index (χ0) is 13.5. The molecule has 0 spiro atoms. The molecule has 0 bridgehead atoms. The quantitative estimate of drug-likeness (QED) is 0.727. The molecule has 0 saturated heterocycles. The number of halogens is 5. The van der Waals surface area contributed by atoms with Crippen LogP contribution in [-0.2, 0) is 6.18 Å². The summed E-state index contributed by atoms with van der Waals surface area (Å²) < 4.78 is 39.0. The monoisotopic (exact) mass is 386 g/mol. The first-order valence-electron chi connectivity index (χ1n) is 4.87. The van der Waals surface area contributed by atoms with Crippen LogP contribution in [0.5, 0.6) is 0 Å². The highest BCUT2D eigenvalue weighted by atomic mass is 127. The minimum atomic E-state index is -4.49. The Morgan fingerprint density at radius 3 is 2.50 bits per heavy atom. The molecular formula is C11H7ClF3IN2. The van der Waals surface area contributed by atoms with Gasteiger partial charge in [-0.05, 0) is 40.8 Å². The highest BCUT2D eigenvalue weighted by Gasteiger charge is 2.33. The molecule has 96 valence electrons. The molecule has 0 aliphatic heterocycles. The van der Waals surface area contributed by atoms with E-state index < -0.39 is 11.9 Å². The van der Waals surface area contributed by atoms with E-state index in [-0.39, 0.29) is 10.5 Å². The summed E-state index contributed by atoms with van der Waals surface area (Å²) in [5, 5.41) is 3.51. The number of pyridine rings is 1. The van der Waals surface area contributed by atoms with Crippen LogP contribution in [0.2, 0.25) is 5.02 Å². The Morgan fingerprint density at radius 1 is 1.28 bits per heavy atom. The average Bonchev–Trinajstić information content (AvgIpc) is 2.26. The number of benzene rings is 1. The molecule has 0 fully saturated rings. The number of hydrogen-bond donors (Lipinski definition) is 1. The van der Waals surface area contributed by atoms with Gasteiger partial charge in [0.2, 0.25) is 0 Å². The van der Waals surface area contributed by atoms with Gasteiger partial charge in [0.1, 0.15) is 5.69 Å². The predicted molar refractivity (Wildman–Crippen MR) is 74.0 cm³/mol. The summed E-state index contributed by atoms with van der Waals surface area (Å²) in [7, 11) is 1.56. The van der Waals surface area contributed by atoms with Crippen LogP contribution in [0.3, 0.4) is 0 Å². The molecule has 2 rings (SSSR count). The second kappa shape index (κ2) is 4.73. The normalized spacial score (nSPS) is 11.9.